The van der Waals surface area contributed by atoms with Gasteiger partial charge in [0, 0.05) is 37.3 Å². The Balaban J connectivity index is 0.00000256. The number of anilines is 1. The molecule has 0 radical (unpaired) electrons. The Morgan fingerprint density at radius 3 is 2.77 bits per heavy atom. The third-order valence-electron chi connectivity index (χ3n) is 4.67. The molecular weight excluding hydrogens is 504 g/mol. The van der Waals surface area contributed by atoms with Gasteiger partial charge in [-0.25, -0.2) is 4.39 Å². The minimum atomic E-state index is -0.289. The van der Waals surface area contributed by atoms with Gasteiger partial charge >= 0.3 is 0 Å². The zero-order valence-corrected chi connectivity index (χ0v) is 19.0. The maximum atomic E-state index is 13.9. The van der Waals surface area contributed by atoms with Gasteiger partial charge in [0.1, 0.15) is 11.6 Å². The molecule has 0 amide bonds. The second kappa shape index (κ2) is 10.7. The van der Waals surface area contributed by atoms with Crippen molar-refractivity contribution in [3.8, 4) is 17.2 Å². The molecule has 9 heteroatoms. The predicted molar refractivity (Wildman–Crippen MR) is 123 cm³/mol. The first-order chi connectivity index (χ1) is 14.2. The molecule has 30 heavy (non-hydrogen) atoms. The van der Waals surface area contributed by atoms with Crippen LogP contribution in [0, 0.1) is 5.82 Å². The first-order valence-electron chi connectivity index (χ1n) is 9.62. The average molecular weight is 529 g/mol. The van der Waals surface area contributed by atoms with E-state index in [9.17, 15) is 4.39 Å². The number of nitrogens with one attached hydrogen (secondary N) is 2. The van der Waals surface area contributed by atoms with Crippen molar-refractivity contribution in [2.24, 2.45) is 4.99 Å². The molecular formula is C21H25FIN3O4. The highest BCUT2D eigenvalue weighted by atomic mass is 127. The largest absolute Gasteiger partial charge is 0.490 e. The molecule has 2 aliphatic rings. The van der Waals surface area contributed by atoms with Gasteiger partial charge in [-0.3, -0.25) is 4.99 Å². The molecule has 2 aromatic rings. The molecule has 0 aliphatic carbocycles. The number of fused-ring (bicyclic) bond motifs is 2. The van der Waals surface area contributed by atoms with Gasteiger partial charge in [0.25, 0.3) is 0 Å². The second-order valence-corrected chi connectivity index (χ2v) is 6.75. The predicted octanol–water partition coefficient (Wildman–Crippen LogP) is 3.70. The van der Waals surface area contributed by atoms with Gasteiger partial charge in [0.2, 0.25) is 0 Å². The zero-order chi connectivity index (χ0) is 20.1. The number of hydrogen-bond acceptors (Lipinski definition) is 5. The summed E-state index contributed by atoms with van der Waals surface area (Å²) in [7, 11) is 1.70. The van der Waals surface area contributed by atoms with Crippen LogP contribution in [-0.2, 0) is 17.8 Å². The van der Waals surface area contributed by atoms with E-state index in [4.69, 9.17) is 18.9 Å². The van der Waals surface area contributed by atoms with Crippen molar-refractivity contribution in [3.05, 3.63) is 47.3 Å². The summed E-state index contributed by atoms with van der Waals surface area (Å²) in [5, 5.41) is 6.48. The summed E-state index contributed by atoms with van der Waals surface area (Å²) < 4.78 is 36.0. The Hall–Kier alpha value is -2.27. The first-order valence-corrected chi connectivity index (χ1v) is 9.62. The quantitative estimate of drug-likeness (QED) is 0.358. The minimum Gasteiger partial charge on any atom is -0.490 e. The molecule has 4 rings (SSSR count). The standard InChI is InChI=1S/C21H24FN3O4.HI/c1-23-21(25-17-3-4-18-19(11-17)28-8-2-7-27-18)24-6-5-14-9-16(22)10-15-12-26-13-29-20(14)15;/h3-4,9-11H,2,5-8,12-13H2,1H3,(H2,23,24,25);1H. The molecule has 162 valence electrons. The molecule has 0 unspecified atom stereocenters. The van der Waals surface area contributed by atoms with Gasteiger partial charge < -0.3 is 29.6 Å². The molecule has 0 bridgehead atoms. The maximum Gasteiger partial charge on any atom is 0.195 e. The molecule has 7 nitrogen and oxygen atoms in total. The molecule has 2 N–H and O–H groups in total. The van der Waals surface area contributed by atoms with Crippen LogP contribution in [0.4, 0.5) is 10.1 Å². The summed E-state index contributed by atoms with van der Waals surface area (Å²) in [6, 6.07) is 8.65. The number of nitrogens with zero attached hydrogens (tertiary/aromatic N) is 1. The van der Waals surface area contributed by atoms with Crippen LogP contribution in [0.1, 0.15) is 17.5 Å². The van der Waals surface area contributed by atoms with E-state index in [1.165, 1.54) is 12.1 Å². The summed E-state index contributed by atoms with van der Waals surface area (Å²) in [6.45, 7) is 2.40. The van der Waals surface area contributed by atoms with Crippen LogP contribution in [0.5, 0.6) is 17.2 Å². The normalized spacial score (nSPS) is 15.2. The summed E-state index contributed by atoms with van der Waals surface area (Å²) in [4.78, 5) is 4.25. The third-order valence-corrected chi connectivity index (χ3v) is 4.67. The van der Waals surface area contributed by atoms with Crippen LogP contribution in [0.2, 0.25) is 0 Å². The molecule has 0 aromatic heterocycles. The Morgan fingerprint density at radius 1 is 1.10 bits per heavy atom. The van der Waals surface area contributed by atoms with E-state index in [1.54, 1.807) is 7.05 Å². The van der Waals surface area contributed by atoms with E-state index in [0.717, 1.165) is 29.0 Å². The van der Waals surface area contributed by atoms with Crippen LogP contribution in [0.15, 0.2) is 35.3 Å². The van der Waals surface area contributed by atoms with Gasteiger partial charge in [-0.05, 0) is 36.2 Å². The maximum absolute atomic E-state index is 13.9. The lowest BCUT2D eigenvalue weighted by Gasteiger charge is -2.21. The highest BCUT2D eigenvalue weighted by molar-refractivity contribution is 14.0. The van der Waals surface area contributed by atoms with Crippen molar-refractivity contribution in [3.63, 3.8) is 0 Å². The molecule has 0 atom stereocenters. The van der Waals surface area contributed by atoms with Crippen molar-refractivity contribution in [2.75, 3.05) is 38.9 Å². The average Bonchev–Trinajstić information content (AvgIpc) is 2.97. The summed E-state index contributed by atoms with van der Waals surface area (Å²) in [6.07, 6.45) is 1.45. The fourth-order valence-electron chi connectivity index (χ4n) is 3.31. The van der Waals surface area contributed by atoms with Crippen LogP contribution < -0.4 is 24.8 Å². The van der Waals surface area contributed by atoms with Crippen molar-refractivity contribution >= 4 is 35.6 Å². The van der Waals surface area contributed by atoms with Gasteiger partial charge in [0.15, 0.2) is 24.3 Å². The van der Waals surface area contributed by atoms with Crippen LogP contribution in [-0.4, -0.2) is 39.6 Å². The van der Waals surface area contributed by atoms with E-state index < -0.39 is 0 Å². The number of guanidine groups is 1. The molecule has 2 aromatic carbocycles. The fourth-order valence-corrected chi connectivity index (χ4v) is 3.31. The number of hydrogen-bond donors (Lipinski definition) is 2. The fraction of sp³-hybridized carbons (Fsp3) is 0.381. The number of aliphatic imine (C=N–C) groups is 1. The lowest BCUT2D eigenvalue weighted by atomic mass is 10.1. The molecule has 2 aliphatic heterocycles. The first kappa shape index (κ1) is 22.4. The Bertz CT molecular complexity index is 910. The number of ether oxygens (including phenoxy) is 4. The summed E-state index contributed by atoms with van der Waals surface area (Å²) in [5.41, 5.74) is 2.38. The van der Waals surface area contributed by atoms with E-state index in [2.05, 4.69) is 15.6 Å². The topological polar surface area (TPSA) is 73.3 Å². The lowest BCUT2D eigenvalue weighted by molar-refractivity contribution is -0.0172. The lowest BCUT2D eigenvalue weighted by Crippen LogP contribution is -2.32. The van der Waals surface area contributed by atoms with E-state index >= 15 is 0 Å². The third kappa shape index (κ3) is 5.45. The zero-order valence-electron chi connectivity index (χ0n) is 16.7. The van der Waals surface area contributed by atoms with Crippen LogP contribution in [0.25, 0.3) is 0 Å². The van der Waals surface area contributed by atoms with E-state index in [0.29, 0.717) is 50.2 Å². The molecule has 0 saturated carbocycles. The summed E-state index contributed by atoms with van der Waals surface area (Å²) in [5.74, 6) is 2.49. The Kier molecular flexibility index (Phi) is 7.97. The van der Waals surface area contributed by atoms with Crippen molar-refractivity contribution in [2.45, 2.75) is 19.4 Å². The van der Waals surface area contributed by atoms with Crippen molar-refractivity contribution in [1.82, 2.24) is 5.32 Å². The highest BCUT2D eigenvalue weighted by Crippen LogP contribution is 2.32. The van der Waals surface area contributed by atoms with Gasteiger partial charge in [-0.1, -0.05) is 0 Å². The van der Waals surface area contributed by atoms with Crippen LogP contribution >= 0.6 is 24.0 Å². The van der Waals surface area contributed by atoms with Crippen molar-refractivity contribution in [1.29, 1.82) is 0 Å². The highest BCUT2D eigenvalue weighted by Gasteiger charge is 2.17. The molecule has 0 fully saturated rings. The number of halogens is 2. The molecule has 0 saturated heterocycles. The molecule has 0 spiro atoms. The van der Waals surface area contributed by atoms with Gasteiger partial charge in [-0.2, -0.15) is 0 Å². The number of rotatable bonds is 4. The minimum absolute atomic E-state index is 0. The van der Waals surface area contributed by atoms with Crippen molar-refractivity contribution < 1.29 is 23.3 Å². The monoisotopic (exact) mass is 529 g/mol. The van der Waals surface area contributed by atoms with Crippen LogP contribution in [0.3, 0.4) is 0 Å². The van der Waals surface area contributed by atoms with E-state index in [1.807, 2.05) is 18.2 Å². The summed E-state index contributed by atoms with van der Waals surface area (Å²) >= 11 is 0. The van der Waals surface area contributed by atoms with E-state index in [-0.39, 0.29) is 36.6 Å². The number of benzene rings is 2. The SMILES string of the molecule is CN=C(NCCc1cc(F)cc2c1OCOC2)Nc1ccc2c(c1)OCCCO2.I. The second-order valence-electron chi connectivity index (χ2n) is 6.75. The van der Waals surface area contributed by atoms with Gasteiger partial charge in [0.05, 0.1) is 19.8 Å². The van der Waals surface area contributed by atoms with Gasteiger partial charge in [-0.15, -0.1) is 24.0 Å². The molecule has 2 heterocycles. The smallest absolute Gasteiger partial charge is 0.195 e. The Morgan fingerprint density at radius 2 is 1.93 bits per heavy atom. The Labute approximate surface area is 192 Å².